The van der Waals surface area contributed by atoms with Crippen molar-refractivity contribution < 1.29 is 14.3 Å². The Balaban J connectivity index is 1.50. The van der Waals surface area contributed by atoms with E-state index in [9.17, 15) is 4.79 Å². The fourth-order valence-corrected chi connectivity index (χ4v) is 3.33. The van der Waals surface area contributed by atoms with E-state index in [-0.39, 0.29) is 17.8 Å². The summed E-state index contributed by atoms with van der Waals surface area (Å²) in [5.74, 6) is 2.28. The number of carbonyl (C=O) groups excluding carboxylic acids is 1. The van der Waals surface area contributed by atoms with Crippen molar-refractivity contribution in [1.82, 2.24) is 0 Å². The van der Waals surface area contributed by atoms with Crippen molar-refractivity contribution in [2.24, 2.45) is 0 Å². The lowest BCUT2D eigenvalue weighted by Gasteiger charge is -2.40. The van der Waals surface area contributed by atoms with Crippen molar-refractivity contribution in [2.75, 3.05) is 24.6 Å². The monoisotopic (exact) mass is 367 g/mol. The molecular weight excluding hydrogens is 338 g/mol. The molecular formula is C23H29NO3. The lowest BCUT2D eigenvalue weighted by Crippen LogP contribution is -2.54. The van der Waals surface area contributed by atoms with Crippen molar-refractivity contribution in [3.05, 3.63) is 54.1 Å². The van der Waals surface area contributed by atoms with Crippen LogP contribution in [0.2, 0.25) is 0 Å². The molecule has 1 fully saturated rings. The molecule has 0 aliphatic carbocycles. The SMILES string of the molecule is CCCOc1cccc(N2CC(Oc3ccc([C@H](C)CC(C)=O)cc3)C2)c1. The molecule has 144 valence electrons. The summed E-state index contributed by atoms with van der Waals surface area (Å²) < 4.78 is 11.8. The van der Waals surface area contributed by atoms with Crippen LogP contribution < -0.4 is 14.4 Å². The van der Waals surface area contributed by atoms with Gasteiger partial charge < -0.3 is 19.2 Å². The third-order valence-corrected chi connectivity index (χ3v) is 4.85. The summed E-state index contributed by atoms with van der Waals surface area (Å²) in [6, 6.07) is 16.4. The molecule has 1 aliphatic heterocycles. The van der Waals surface area contributed by atoms with Crippen molar-refractivity contribution in [3.8, 4) is 11.5 Å². The molecule has 0 spiro atoms. The summed E-state index contributed by atoms with van der Waals surface area (Å²) in [6.07, 6.45) is 1.79. The molecule has 0 amide bonds. The first kappa shape index (κ1) is 19.3. The predicted molar refractivity (Wildman–Crippen MR) is 109 cm³/mol. The lowest BCUT2D eigenvalue weighted by atomic mass is 9.96. The zero-order valence-electron chi connectivity index (χ0n) is 16.5. The zero-order chi connectivity index (χ0) is 19.2. The highest BCUT2D eigenvalue weighted by atomic mass is 16.5. The number of benzene rings is 2. The maximum atomic E-state index is 11.3. The zero-order valence-corrected chi connectivity index (χ0v) is 16.5. The number of anilines is 1. The molecule has 1 heterocycles. The van der Waals surface area contributed by atoms with Crippen LogP contribution in [0, 0.1) is 0 Å². The molecule has 2 aromatic carbocycles. The van der Waals surface area contributed by atoms with Crippen molar-refractivity contribution in [1.29, 1.82) is 0 Å². The van der Waals surface area contributed by atoms with E-state index < -0.39 is 0 Å². The number of ketones is 1. The van der Waals surface area contributed by atoms with E-state index in [1.165, 1.54) is 11.3 Å². The van der Waals surface area contributed by atoms with Crippen LogP contribution in [-0.4, -0.2) is 31.6 Å². The van der Waals surface area contributed by atoms with Crippen molar-refractivity contribution >= 4 is 11.5 Å². The predicted octanol–water partition coefficient (Wildman–Crippen LogP) is 4.83. The van der Waals surface area contributed by atoms with E-state index in [0.29, 0.717) is 6.42 Å². The van der Waals surface area contributed by atoms with Gasteiger partial charge in [0.15, 0.2) is 0 Å². The minimum Gasteiger partial charge on any atom is -0.494 e. The minimum atomic E-state index is 0.200. The maximum absolute atomic E-state index is 11.3. The molecule has 4 nitrogen and oxygen atoms in total. The molecule has 3 rings (SSSR count). The van der Waals surface area contributed by atoms with Crippen LogP contribution >= 0.6 is 0 Å². The number of rotatable bonds is 9. The van der Waals surface area contributed by atoms with Crippen LogP contribution in [-0.2, 0) is 4.79 Å². The summed E-state index contributed by atoms with van der Waals surface area (Å²) in [7, 11) is 0. The quantitative estimate of drug-likeness (QED) is 0.637. The molecule has 0 N–H and O–H groups in total. The third-order valence-electron chi connectivity index (χ3n) is 4.85. The highest BCUT2D eigenvalue weighted by molar-refractivity contribution is 5.76. The second-order valence-corrected chi connectivity index (χ2v) is 7.37. The van der Waals surface area contributed by atoms with E-state index in [1.54, 1.807) is 6.92 Å². The Bertz CT molecular complexity index is 750. The van der Waals surface area contributed by atoms with Gasteiger partial charge in [0.25, 0.3) is 0 Å². The molecule has 0 bridgehead atoms. The maximum Gasteiger partial charge on any atom is 0.133 e. The van der Waals surface area contributed by atoms with E-state index in [4.69, 9.17) is 9.47 Å². The molecule has 1 aliphatic rings. The second kappa shape index (κ2) is 8.94. The van der Waals surface area contributed by atoms with Crippen molar-refractivity contribution in [2.45, 2.75) is 45.6 Å². The van der Waals surface area contributed by atoms with Gasteiger partial charge in [0.2, 0.25) is 0 Å². The fraction of sp³-hybridized carbons (Fsp3) is 0.435. The molecule has 0 aromatic heterocycles. The first-order valence-corrected chi connectivity index (χ1v) is 9.79. The van der Waals surface area contributed by atoms with E-state index in [2.05, 4.69) is 43.0 Å². The number of carbonyl (C=O) groups is 1. The van der Waals surface area contributed by atoms with E-state index in [1.807, 2.05) is 24.3 Å². The number of ether oxygens (including phenoxy) is 2. The number of hydrogen-bond donors (Lipinski definition) is 0. The van der Waals surface area contributed by atoms with Crippen LogP contribution in [0.3, 0.4) is 0 Å². The lowest BCUT2D eigenvalue weighted by molar-refractivity contribution is -0.117. The molecule has 0 unspecified atom stereocenters. The normalized spacial score (nSPS) is 15.1. The highest BCUT2D eigenvalue weighted by Crippen LogP contribution is 2.28. The number of Topliss-reactive ketones (excluding diaryl/α,β-unsaturated/α-hetero) is 1. The van der Waals surface area contributed by atoms with Gasteiger partial charge in [-0.1, -0.05) is 32.0 Å². The Labute approximate surface area is 162 Å². The third kappa shape index (κ3) is 5.25. The standard InChI is InChI=1S/C23H29NO3/c1-4-12-26-22-7-5-6-20(14-22)24-15-23(16-24)27-21-10-8-19(9-11-21)17(2)13-18(3)25/h5-11,14,17,23H,4,12-13,15-16H2,1-3H3/t17-/m1/s1. The topological polar surface area (TPSA) is 38.8 Å². The summed E-state index contributed by atoms with van der Waals surface area (Å²) in [5, 5.41) is 0. The van der Waals surface area contributed by atoms with E-state index >= 15 is 0 Å². The van der Waals surface area contributed by atoms with Gasteiger partial charge in [-0.2, -0.15) is 0 Å². The Hall–Kier alpha value is -2.49. The van der Waals surface area contributed by atoms with Crippen LogP contribution in [0.1, 0.15) is 45.1 Å². The molecule has 2 aromatic rings. The molecule has 4 heteroatoms. The Morgan fingerprint density at radius 1 is 1.15 bits per heavy atom. The van der Waals surface area contributed by atoms with Crippen molar-refractivity contribution in [3.63, 3.8) is 0 Å². The van der Waals surface area contributed by atoms with Gasteiger partial charge in [0, 0.05) is 18.2 Å². The van der Waals surface area contributed by atoms with Gasteiger partial charge in [0.05, 0.1) is 19.7 Å². The molecule has 0 saturated carbocycles. The van der Waals surface area contributed by atoms with Crippen LogP contribution in [0.4, 0.5) is 5.69 Å². The molecule has 1 atom stereocenters. The smallest absolute Gasteiger partial charge is 0.133 e. The van der Waals surface area contributed by atoms with Gasteiger partial charge >= 0.3 is 0 Å². The molecule has 1 saturated heterocycles. The minimum absolute atomic E-state index is 0.200. The first-order chi connectivity index (χ1) is 13.0. The van der Waals surface area contributed by atoms with Gasteiger partial charge in [-0.15, -0.1) is 0 Å². The van der Waals surface area contributed by atoms with E-state index in [0.717, 1.165) is 37.6 Å². The van der Waals surface area contributed by atoms with Crippen LogP contribution in [0.15, 0.2) is 48.5 Å². The Kier molecular flexibility index (Phi) is 6.38. The molecule has 0 radical (unpaired) electrons. The second-order valence-electron chi connectivity index (χ2n) is 7.37. The van der Waals surface area contributed by atoms with Gasteiger partial charge in [0.1, 0.15) is 23.4 Å². The first-order valence-electron chi connectivity index (χ1n) is 9.79. The summed E-state index contributed by atoms with van der Waals surface area (Å²) in [5.41, 5.74) is 2.36. The van der Waals surface area contributed by atoms with Gasteiger partial charge in [-0.05, 0) is 49.1 Å². The number of nitrogens with zero attached hydrogens (tertiary/aromatic N) is 1. The highest BCUT2D eigenvalue weighted by Gasteiger charge is 2.28. The largest absolute Gasteiger partial charge is 0.494 e. The number of hydrogen-bond acceptors (Lipinski definition) is 4. The van der Waals surface area contributed by atoms with Crippen LogP contribution in [0.25, 0.3) is 0 Å². The van der Waals surface area contributed by atoms with Gasteiger partial charge in [-0.3, -0.25) is 0 Å². The Morgan fingerprint density at radius 3 is 2.56 bits per heavy atom. The Morgan fingerprint density at radius 2 is 1.89 bits per heavy atom. The average molecular weight is 367 g/mol. The summed E-state index contributed by atoms with van der Waals surface area (Å²) >= 11 is 0. The molecule has 27 heavy (non-hydrogen) atoms. The van der Waals surface area contributed by atoms with Gasteiger partial charge in [-0.25, -0.2) is 0 Å². The van der Waals surface area contributed by atoms with Crippen LogP contribution in [0.5, 0.6) is 11.5 Å². The summed E-state index contributed by atoms with van der Waals surface area (Å²) in [4.78, 5) is 13.6. The fourth-order valence-electron chi connectivity index (χ4n) is 3.33. The average Bonchev–Trinajstić information content (AvgIpc) is 2.62. The summed E-state index contributed by atoms with van der Waals surface area (Å²) in [6.45, 7) is 8.33.